The van der Waals surface area contributed by atoms with Crippen molar-refractivity contribution in [3.05, 3.63) is 81.2 Å². The number of nitrogens with zero attached hydrogens (tertiary/aromatic N) is 2. The van der Waals surface area contributed by atoms with Crippen molar-refractivity contribution >= 4 is 0 Å². The fraction of sp³-hybridized carbons (Fsp3) is 0.294. The Kier molecular flexibility index (Phi) is 3.60. The second-order valence-corrected chi connectivity index (χ2v) is 5.46. The molecule has 108 valence electrons. The normalized spacial score (nSPS) is 14.7. The van der Waals surface area contributed by atoms with E-state index < -0.39 is 0 Å². The van der Waals surface area contributed by atoms with Gasteiger partial charge in [-0.25, -0.2) is 0 Å². The summed E-state index contributed by atoms with van der Waals surface area (Å²) in [5.74, 6) is -0.197. The van der Waals surface area contributed by atoms with Gasteiger partial charge in [0.1, 0.15) is 0 Å². The van der Waals surface area contributed by atoms with Crippen LogP contribution in [0.15, 0.2) is 48.6 Å². The minimum Gasteiger partial charge on any atom is -0.350 e. The van der Waals surface area contributed by atoms with Crippen molar-refractivity contribution < 1.29 is 4.92 Å². The van der Waals surface area contributed by atoms with E-state index >= 15 is 0 Å². The SMILES string of the molecule is Cn1c(C(C[N+](=O)[O-])c2ccccc2)cc2c1CC=CC2. The second kappa shape index (κ2) is 5.56. The van der Waals surface area contributed by atoms with Crippen LogP contribution in [0.5, 0.6) is 0 Å². The van der Waals surface area contributed by atoms with Crippen LogP contribution in [0.25, 0.3) is 0 Å². The third-order valence-corrected chi connectivity index (χ3v) is 4.19. The predicted octanol–water partition coefficient (Wildman–Crippen LogP) is 3.09. The Bertz CT molecular complexity index is 686. The van der Waals surface area contributed by atoms with E-state index in [2.05, 4.69) is 22.8 Å². The maximum atomic E-state index is 11.1. The van der Waals surface area contributed by atoms with Gasteiger partial charge in [0.05, 0.1) is 5.92 Å². The maximum Gasteiger partial charge on any atom is 0.216 e. The van der Waals surface area contributed by atoms with Gasteiger partial charge in [0.25, 0.3) is 0 Å². The summed E-state index contributed by atoms with van der Waals surface area (Å²) in [6, 6.07) is 11.9. The number of rotatable bonds is 4. The summed E-state index contributed by atoms with van der Waals surface area (Å²) in [5.41, 5.74) is 4.60. The Labute approximate surface area is 123 Å². The lowest BCUT2D eigenvalue weighted by Gasteiger charge is -2.16. The number of aromatic nitrogens is 1. The Morgan fingerprint density at radius 2 is 1.95 bits per heavy atom. The van der Waals surface area contributed by atoms with Crippen LogP contribution < -0.4 is 0 Å². The fourth-order valence-corrected chi connectivity index (χ4v) is 3.12. The van der Waals surface area contributed by atoms with E-state index in [1.54, 1.807) is 0 Å². The average molecular weight is 282 g/mol. The summed E-state index contributed by atoms with van der Waals surface area (Å²) in [5, 5.41) is 11.1. The molecule has 0 saturated heterocycles. The van der Waals surface area contributed by atoms with E-state index in [0.717, 1.165) is 24.1 Å². The molecule has 0 aliphatic heterocycles. The van der Waals surface area contributed by atoms with Crippen molar-refractivity contribution in [1.29, 1.82) is 0 Å². The smallest absolute Gasteiger partial charge is 0.216 e. The van der Waals surface area contributed by atoms with Crippen LogP contribution >= 0.6 is 0 Å². The van der Waals surface area contributed by atoms with Gasteiger partial charge in [-0.2, -0.15) is 0 Å². The van der Waals surface area contributed by atoms with Crippen LogP contribution in [0.3, 0.4) is 0 Å². The molecule has 1 aromatic heterocycles. The third kappa shape index (κ3) is 2.61. The molecule has 1 aliphatic rings. The van der Waals surface area contributed by atoms with Crippen LogP contribution in [0.2, 0.25) is 0 Å². The highest BCUT2D eigenvalue weighted by Gasteiger charge is 2.25. The van der Waals surface area contributed by atoms with E-state index in [0.29, 0.717) is 0 Å². The first-order valence-electron chi connectivity index (χ1n) is 7.16. The molecule has 21 heavy (non-hydrogen) atoms. The van der Waals surface area contributed by atoms with Crippen molar-refractivity contribution in [3.63, 3.8) is 0 Å². The topological polar surface area (TPSA) is 48.1 Å². The van der Waals surface area contributed by atoms with Crippen LogP contribution in [0, 0.1) is 10.1 Å². The molecule has 0 amide bonds. The summed E-state index contributed by atoms with van der Waals surface area (Å²) in [6.07, 6.45) is 6.16. The highest BCUT2D eigenvalue weighted by atomic mass is 16.6. The number of hydrogen-bond acceptors (Lipinski definition) is 2. The van der Waals surface area contributed by atoms with Gasteiger partial charge in [-0.3, -0.25) is 10.1 Å². The summed E-state index contributed by atoms with van der Waals surface area (Å²) in [6.45, 7) is -0.0752. The number of benzene rings is 1. The summed E-state index contributed by atoms with van der Waals surface area (Å²) in [7, 11) is 2.02. The van der Waals surface area contributed by atoms with Gasteiger partial charge in [-0.15, -0.1) is 0 Å². The molecule has 1 heterocycles. The number of hydrogen-bond donors (Lipinski definition) is 0. The van der Waals surface area contributed by atoms with Crippen molar-refractivity contribution in [3.8, 4) is 0 Å². The minimum absolute atomic E-state index is 0.0752. The molecule has 0 N–H and O–H groups in total. The number of fused-ring (bicyclic) bond motifs is 1. The zero-order valence-electron chi connectivity index (χ0n) is 12.0. The molecule has 0 spiro atoms. The molecule has 1 atom stereocenters. The molecule has 2 aromatic rings. The van der Waals surface area contributed by atoms with E-state index in [9.17, 15) is 10.1 Å². The number of allylic oxidation sites excluding steroid dienone is 2. The molecule has 3 rings (SSSR count). The molecular weight excluding hydrogens is 264 g/mol. The quantitative estimate of drug-likeness (QED) is 0.491. The van der Waals surface area contributed by atoms with Crippen molar-refractivity contribution in [1.82, 2.24) is 4.57 Å². The highest BCUT2D eigenvalue weighted by molar-refractivity contribution is 5.39. The largest absolute Gasteiger partial charge is 0.350 e. The summed E-state index contributed by atoms with van der Waals surface area (Å²) in [4.78, 5) is 10.9. The van der Waals surface area contributed by atoms with Crippen molar-refractivity contribution in [2.45, 2.75) is 18.8 Å². The van der Waals surface area contributed by atoms with E-state index in [1.807, 2.05) is 37.4 Å². The standard InChI is InChI=1S/C17H18N2O2/c1-18-16-10-6-5-9-14(16)11-17(18)15(12-19(20)21)13-7-3-2-4-8-13/h2-8,11,15H,9-10,12H2,1H3. The first-order chi connectivity index (χ1) is 10.2. The molecule has 4 nitrogen and oxygen atoms in total. The monoisotopic (exact) mass is 282 g/mol. The van der Waals surface area contributed by atoms with Gasteiger partial charge in [0.2, 0.25) is 6.54 Å². The van der Waals surface area contributed by atoms with Crippen LogP contribution in [-0.4, -0.2) is 16.0 Å². The van der Waals surface area contributed by atoms with E-state index in [1.165, 1.54) is 11.3 Å². The Morgan fingerprint density at radius 3 is 2.62 bits per heavy atom. The molecule has 0 fully saturated rings. The Hall–Kier alpha value is -2.36. The lowest BCUT2D eigenvalue weighted by Crippen LogP contribution is -2.17. The molecule has 1 aromatic carbocycles. The van der Waals surface area contributed by atoms with Crippen molar-refractivity contribution in [2.24, 2.45) is 7.05 Å². The van der Waals surface area contributed by atoms with Gasteiger partial charge >= 0.3 is 0 Å². The van der Waals surface area contributed by atoms with Crippen LogP contribution in [-0.2, 0) is 19.9 Å². The predicted molar refractivity (Wildman–Crippen MR) is 82.1 cm³/mol. The molecule has 0 radical (unpaired) electrons. The molecule has 1 unspecified atom stereocenters. The lowest BCUT2D eigenvalue weighted by atomic mass is 9.95. The summed E-state index contributed by atoms with van der Waals surface area (Å²) < 4.78 is 2.14. The first kappa shape index (κ1) is 13.6. The van der Waals surface area contributed by atoms with Gasteiger partial charge in [0.15, 0.2) is 0 Å². The molecule has 4 heteroatoms. The summed E-state index contributed by atoms with van der Waals surface area (Å²) >= 11 is 0. The van der Waals surface area contributed by atoms with E-state index in [-0.39, 0.29) is 17.4 Å². The second-order valence-electron chi connectivity index (χ2n) is 5.46. The van der Waals surface area contributed by atoms with Gasteiger partial charge in [0, 0.05) is 29.8 Å². The molecule has 1 aliphatic carbocycles. The number of nitro groups is 1. The first-order valence-corrected chi connectivity index (χ1v) is 7.16. The fourth-order valence-electron chi connectivity index (χ4n) is 3.12. The minimum atomic E-state index is -0.220. The van der Waals surface area contributed by atoms with Crippen LogP contribution in [0.4, 0.5) is 0 Å². The zero-order valence-corrected chi connectivity index (χ0v) is 12.0. The zero-order chi connectivity index (χ0) is 14.8. The third-order valence-electron chi connectivity index (χ3n) is 4.19. The lowest BCUT2D eigenvalue weighted by molar-refractivity contribution is -0.482. The average Bonchev–Trinajstić information content (AvgIpc) is 2.83. The molecule has 0 saturated carbocycles. The molecular formula is C17H18N2O2. The Morgan fingerprint density at radius 1 is 1.24 bits per heavy atom. The van der Waals surface area contributed by atoms with Crippen molar-refractivity contribution in [2.75, 3.05) is 6.54 Å². The van der Waals surface area contributed by atoms with Gasteiger partial charge < -0.3 is 4.57 Å². The van der Waals surface area contributed by atoms with Gasteiger partial charge in [-0.05, 0) is 23.6 Å². The van der Waals surface area contributed by atoms with Crippen LogP contribution in [0.1, 0.15) is 28.4 Å². The molecule has 0 bridgehead atoms. The Balaban J connectivity index is 2.05. The maximum absolute atomic E-state index is 11.1. The van der Waals surface area contributed by atoms with Gasteiger partial charge in [-0.1, -0.05) is 42.5 Å². The van der Waals surface area contributed by atoms with E-state index in [4.69, 9.17) is 0 Å². The highest BCUT2D eigenvalue weighted by Crippen LogP contribution is 2.30.